The van der Waals surface area contributed by atoms with E-state index in [1.54, 1.807) is 0 Å². The van der Waals surface area contributed by atoms with Crippen LogP contribution < -0.4 is 5.32 Å². The second-order valence-corrected chi connectivity index (χ2v) is 23.9. The number of phosphoric acid groups is 1. The minimum absolute atomic E-state index is 0.0598. The summed E-state index contributed by atoms with van der Waals surface area (Å²) in [6.07, 6.45) is 1.03. The smallest absolute Gasteiger partial charge is 0.462 e. The van der Waals surface area contributed by atoms with Crippen molar-refractivity contribution in [3.63, 3.8) is 0 Å². The van der Waals surface area contributed by atoms with Crippen molar-refractivity contribution in [1.29, 1.82) is 0 Å². The summed E-state index contributed by atoms with van der Waals surface area (Å²) < 4.78 is 72.2. The van der Waals surface area contributed by atoms with Crippen molar-refractivity contribution in [1.82, 2.24) is 5.32 Å². The minimum Gasteiger partial charge on any atom is -0.462 e. The van der Waals surface area contributed by atoms with Gasteiger partial charge in [0.2, 0.25) is 5.91 Å². The molecule has 28 heteroatoms. The average molecular weight is 1430 g/mol. The Kier molecular flexibility index (Phi) is 68.6. The predicted octanol–water partition coefficient (Wildman–Crippen LogP) is 8.27. The standard InChI is InChI=1S/C46H80NO26P.C12H24.C3H8.4C2H6/c1-4-5-6-7-8-9-10-11-18-34(54)68-29(25-65-27(2)51)26-67-74(62,63-3)66-20-14-16-28(52)15-12-13-17-33(53)47-19-21-64-44-40(60)37(57)42(31(23-49)70-44)73-46-41(61)38(58)43(32(24-50)71-46)72-45-39(59)36(56)35(55)30(22-48)69-45;1-3-5-7-9-11-12-10-8-6-4-2;1-3-2;4*1-2/h4-5,29-32,35-46,48-50,55-61H,6-26H2,1-3H3,(H,47,53);5,7H,3-4,6,8-12H2,1-2H3;3H2,1-2H3;4*1-2H3/b5-4-;7-5-;;;;;/t29-,30?,31?,32?,35-,36-,37+,38+,39?,40?,41?,42+,43-,44+,45+,46-,74?;;;;;;/m0....../s1. The normalized spacial score (nSPS) is 26.0. The molecule has 0 aromatic carbocycles. The molecule has 17 atom stereocenters. The van der Waals surface area contributed by atoms with Crippen LogP contribution in [0, 0.1) is 0 Å². The Balaban J connectivity index is -0.00000163. The first-order valence-electron chi connectivity index (χ1n) is 36.0. The van der Waals surface area contributed by atoms with Crippen molar-refractivity contribution in [3.05, 3.63) is 24.3 Å². The van der Waals surface area contributed by atoms with Crippen LogP contribution in [-0.2, 0) is 75.2 Å². The molecule has 578 valence electrons. The minimum atomic E-state index is -4.14. The first kappa shape index (κ1) is 100. The molecule has 0 radical (unpaired) electrons. The number of allylic oxidation sites excluding steroid dienone is 4. The van der Waals surface area contributed by atoms with Crippen molar-refractivity contribution in [2.45, 2.75) is 336 Å². The molecule has 7 unspecified atom stereocenters. The Morgan fingerprint density at radius 3 is 1.51 bits per heavy atom. The third-order valence-corrected chi connectivity index (χ3v) is 15.7. The quantitative estimate of drug-likeness (QED) is 0.0118. The molecule has 27 nitrogen and oxygen atoms in total. The first-order valence-corrected chi connectivity index (χ1v) is 37.4. The van der Waals surface area contributed by atoms with Gasteiger partial charge < -0.3 is 94.3 Å². The van der Waals surface area contributed by atoms with Crippen LogP contribution in [0.25, 0.3) is 0 Å². The highest BCUT2D eigenvalue weighted by Gasteiger charge is 2.53. The molecule has 3 fully saturated rings. The molecule has 0 aromatic heterocycles. The predicted molar refractivity (Wildman–Crippen MR) is 370 cm³/mol. The van der Waals surface area contributed by atoms with Crippen LogP contribution in [0.5, 0.6) is 0 Å². The Labute approximate surface area is 581 Å². The molecule has 3 aliphatic heterocycles. The number of phosphoric ester groups is 1. The van der Waals surface area contributed by atoms with E-state index in [-0.39, 0.29) is 70.2 Å². The van der Waals surface area contributed by atoms with Crippen LogP contribution in [-0.4, -0.2) is 233 Å². The number of hydrogen-bond donors (Lipinski definition) is 11. The highest BCUT2D eigenvalue weighted by Crippen LogP contribution is 2.49. The number of carbonyl (C=O) groups is 4. The van der Waals surface area contributed by atoms with Gasteiger partial charge in [-0.3, -0.25) is 32.7 Å². The van der Waals surface area contributed by atoms with Gasteiger partial charge in [0.25, 0.3) is 0 Å². The zero-order valence-corrected chi connectivity index (χ0v) is 62.6. The van der Waals surface area contributed by atoms with Gasteiger partial charge in [-0.1, -0.05) is 165 Å². The summed E-state index contributed by atoms with van der Waals surface area (Å²) in [6.45, 7) is 24.2. The fraction of sp³-hybridized carbons (Fsp3) is 0.884. The lowest BCUT2D eigenvalue weighted by atomic mass is 9.96. The number of nitrogens with one attached hydrogen (secondary N) is 1. The van der Waals surface area contributed by atoms with Crippen molar-refractivity contribution in [2.24, 2.45) is 0 Å². The molecule has 3 rings (SSSR count). The molecule has 0 saturated carbocycles. The number of rotatable bonds is 44. The maximum absolute atomic E-state index is 13.0. The van der Waals surface area contributed by atoms with Crippen LogP contribution in [0.1, 0.15) is 238 Å². The maximum Gasteiger partial charge on any atom is 0.474 e. The van der Waals surface area contributed by atoms with Gasteiger partial charge in [-0.2, -0.15) is 0 Å². The molecule has 97 heavy (non-hydrogen) atoms. The topological polar surface area (TPSA) is 401 Å². The number of ketones is 1. The number of Topliss-reactive ketones (excluding diaryl/α,β-unsaturated/α-hetero) is 1. The molecule has 1 amide bonds. The maximum atomic E-state index is 13.0. The molecule has 0 bridgehead atoms. The second kappa shape index (κ2) is 66.3. The van der Waals surface area contributed by atoms with Crippen molar-refractivity contribution in [2.75, 3.05) is 59.9 Å². The number of aliphatic hydroxyl groups is 10. The van der Waals surface area contributed by atoms with Crippen molar-refractivity contribution in [3.8, 4) is 0 Å². The molecule has 3 saturated heterocycles. The Morgan fingerprint density at radius 1 is 0.526 bits per heavy atom. The highest BCUT2D eigenvalue weighted by molar-refractivity contribution is 7.48. The summed E-state index contributed by atoms with van der Waals surface area (Å²) in [6, 6.07) is 0. The number of unbranched alkanes of at least 4 members (excludes halogenated alkanes) is 12. The summed E-state index contributed by atoms with van der Waals surface area (Å²) in [5.74, 6) is -1.65. The summed E-state index contributed by atoms with van der Waals surface area (Å²) in [5, 5.41) is 106. The van der Waals surface area contributed by atoms with E-state index in [1.165, 1.54) is 64.7 Å². The zero-order valence-electron chi connectivity index (χ0n) is 61.7. The van der Waals surface area contributed by atoms with Crippen LogP contribution >= 0.6 is 7.82 Å². The Hall–Kier alpha value is -2.97. The monoisotopic (exact) mass is 1430 g/mol. The average Bonchev–Trinajstić information content (AvgIpc) is 0.790. The van der Waals surface area contributed by atoms with Crippen LogP contribution in [0.4, 0.5) is 0 Å². The lowest BCUT2D eigenvalue weighted by molar-refractivity contribution is -0.379. The van der Waals surface area contributed by atoms with Crippen LogP contribution in [0.15, 0.2) is 24.3 Å². The molecule has 0 aromatic rings. The largest absolute Gasteiger partial charge is 0.474 e. The first-order chi connectivity index (χ1) is 46.7. The van der Waals surface area contributed by atoms with Crippen molar-refractivity contribution < 1.29 is 126 Å². The number of hydrogen-bond acceptors (Lipinski definition) is 26. The van der Waals surface area contributed by atoms with Gasteiger partial charge in [-0.15, -0.1) is 0 Å². The van der Waals surface area contributed by atoms with E-state index in [1.807, 2.05) is 68.4 Å². The summed E-state index contributed by atoms with van der Waals surface area (Å²) in [4.78, 5) is 48.8. The number of aliphatic hydroxyl groups excluding tert-OH is 10. The van der Waals surface area contributed by atoms with E-state index in [9.17, 15) is 74.8 Å². The SMILES string of the molecule is C/C=C\CCCCCCCC(=O)O[C@@H](COC(C)=O)COP(=O)(OC)OCCCC(=O)CCCCC(=O)NCCO[C@@H]1OC(CO)[C@@H](O[C@@H]2OC(CO)[C@H](O[C@H]3OC(CO)[C@H](O)[C@H](O)C3O)[C@H](O)C2O)[C@H](O)C1O.CC.CC.CC.CC.CC/C=C\CCCCCCCC.CCC. The highest BCUT2D eigenvalue weighted by atomic mass is 31.2. The number of esters is 2. The summed E-state index contributed by atoms with van der Waals surface area (Å²) >= 11 is 0. The van der Waals surface area contributed by atoms with Gasteiger partial charge >= 0.3 is 19.8 Å². The fourth-order valence-electron chi connectivity index (χ4n) is 9.26. The number of carbonyl (C=O) groups excluding carboxylic acids is 4. The summed E-state index contributed by atoms with van der Waals surface area (Å²) in [7, 11) is -3.04. The van der Waals surface area contributed by atoms with E-state index in [4.69, 9.17) is 51.5 Å². The summed E-state index contributed by atoms with van der Waals surface area (Å²) in [5.41, 5.74) is 0. The van der Waals surface area contributed by atoms with E-state index in [2.05, 4.69) is 51.2 Å². The molecule has 11 N–H and O–H groups in total. The second-order valence-electron chi connectivity index (χ2n) is 22.1. The van der Waals surface area contributed by atoms with Crippen LogP contribution in [0.2, 0.25) is 0 Å². The van der Waals surface area contributed by atoms with E-state index >= 15 is 0 Å². The van der Waals surface area contributed by atoms with Gasteiger partial charge in [-0.05, 0) is 64.7 Å². The molecule has 3 heterocycles. The zero-order chi connectivity index (χ0) is 74.6. The molecular weight excluding hydrogens is 1290 g/mol. The van der Waals surface area contributed by atoms with Gasteiger partial charge in [-0.25, -0.2) is 4.57 Å². The third kappa shape index (κ3) is 45.6. The lowest BCUT2D eigenvalue weighted by Gasteiger charge is -2.48. The Morgan fingerprint density at radius 2 is 0.990 bits per heavy atom. The number of amides is 1. The Bertz CT molecular complexity index is 1950. The lowest BCUT2D eigenvalue weighted by Crippen LogP contribution is -2.66. The van der Waals surface area contributed by atoms with Gasteiger partial charge in [0, 0.05) is 46.3 Å². The molecular formula is C69H136NO26P. The van der Waals surface area contributed by atoms with E-state index in [0.29, 0.717) is 19.3 Å². The fourth-order valence-corrected chi connectivity index (χ4v) is 10.2. The molecule has 0 spiro atoms. The third-order valence-electron chi connectivity index (χ3n) is 14.3. The van der Waals surface area contributed by atoms with Crippen molar-refractivity contribution >= 4 is 31.5 Å². The van der Waals surface area contributed by atoms with Gasteiger partial charge in [0.15, 0.2) is 25.0 Å². The van der Waals surface area contributed by atoms with Gasteiger partial charge in [0.1, 0.15) is 85.6 Å². The molecule has 0 aliphatic carbocycles. The van der Waals surface area contributed by atoms with E-state index in [0.717, 1.165) is 39.2 Å². The van der Waals surface area contributed by atoms with E-state index < -0.39 is 144 Å². The van der Waals surface area contributed by atoms with Gasteiger partial charge in [0.05, 0.1) is 39.6 Å². The molecule has 3 aliphatic rings. The van der Waals surface area contributed by atoms with Crippen LogP contribution in [0.3, 0.4) is 0 Å². The number of ether oxygens (including phenoxy) is 8.